The van der Waals surface area contributed by atoms with Crippen LogP contribution in [0.4, 0.5) is 5.69 Å². The lowest BCUT2D eigenvalue weighted by Crippen LogP contribution is -2.10. The van der Waals surface area contributed by atoms with Gasteiger partial charge in [0.2, 0.25) is 10.0 Å². The standard InChI is InChI=1S/C15H14BrNO3S/c1-10-3-6-12(16)9-14(10)15(18)11-4-7-13(8-5-11)17-21(2,19)20/h3-9,17H,1-2H3. The van der Waals surface area contributed by atoms with E-state index in [0.717, 1.165) is 16.3 Å². The predicted octanol–water partition coefficient (Wildman–Crippen LogP) is 3.36. The summed E-state index contributed by atoms with van der Waals surface area (Å²) in [6, 6.07) is 11.9. The number of halogens is 1. The zero-order valence-corrected chi connectivity index (χ0v) is 14.0. The minimum atomic E-state index is -3.32. The molecule has 0 aliphatic rings. The Bertz CT molecular complexity index is 783. The highest BCUT2D eigenvalue weighted by molar-refractivity contribution is 9.10. The number of ketones is 1. The second-order valence-electron chi connectivity index (χ2n) is 4.74. The quantitative estimate of drug-likeness (QED) is 0.842. The topological polar surface area (TPSA) is 63.2 Å². The van der Waals surface area contributed by atoms with Crippen molar-refractivity contribution < 1.29 is 13.2 Å². The number of hydrogen-bond acceptors (Lipinski definition) is 3. The maximum Gasteiger partial charge on any atom is 0.229 e. The maximum atomic E-state index is 12.5. The van der Waals surface area contributed by atoms with Crippen molar-refractivity contribution in [3.8, 4) is 0 Å². The molecule has 0 spiro atoms. The molecule has 0 amide bonds. The second-order valence-corrected chi connectivity index (χ2v) is 7.40. The van der Waals surface area contributed by atoms with Crippen molar-refractivity contribution in [2.75, 3.05) is 11.0 Å². The van der Waals surface area contributed by atoms with E-state index in [2.05, 4.69) is 20.7 Å². The average molecular weight is 368 g/mol. The van der Waals surface area contributed by atoms with Crippen molar-refractivity contribution in [1.29, 1.82) is 0 Å². The van der Waals surface area contributed by atoms with Crippen molar-refractivity contribution in [3.05, 3.63) is 63.6 Å². The van der Waals surface area contributed by atoms with E-state index in [0.29, 0.717) is 16.8 Å². The molecule has 2 aromatic rings. The van der Waals surface area contributed by atoms with Gasteiger partial charge < -0.3 is 0 Å². The highest BCUT2D eigenvalue weighted by atomic mass is 79.9. The van der Waals surface area contributed by atoms with E-state index in [-0.39, 0.29) is 5.78 Å². The van der Waals surface area contributed by atoms with E-state index in [1.54, 1.807) is 30.3 Å². The molecule has 0 unspecified atom stereocenters. The van der Waals surface area contributed by atoms with Gasteiger partial charge >= 0.3 is 0 Å². The summed E-state index contributed by atoms with van der Waals surface area (Å²) in [5.74, 6) is -0.0975. The van der Waals surface area contributed by atoms with Crippen LogP contribution in [0, 0.1) is 6.92 Å². The molecule has 110 valence electrons. The number of hydrogen-bond donors (Lipinski definition) is 1. The van der Waals surface area contributed by atoms with Gasteiger partial charge in [0, 0.05) is 21.3 Å². The van der Waals surface area contributed by atoms with E-state index >= 15 is 0 Å². The van der Waals surface area contributed by atoms with Crippen molar-refractivity contribution in [1.82, 2.24) is 0 Å². The van der Waals surface area contributed by atoms with Gasteiger partial charge in [-0.05, 0) is 48.9 Å². The van der Waals surface area contributed by atoms with Crippen LogP contribution in [-0.2, 0) is 10.0 Å². The first kappa shape index (κ1) is 15.7. The van der Waals surface area contributed by atoms with Gasteiger partial charge in [0.25, 0.3) is 0 Å². The first-order valence-corrected chi connectivity index (χ1v) is 8.83. The molecular formula is C15H14BrNO3S. The first-order valence-electron chi connectivity index (χ1n) is 6.15. The van der Waals surface area contributed by atoms with Gasteiger partial charge in [0.05, 0.1) is 6.26 Å². The number of sulfonamides is 1. The molecule has 0 aliphatic carbocycles. The molecular weight excluding hydrogens is 354 g/mol. The van der Waals surface area contributed by atoms with Crippen LogP contribution in [0.5, 0.6) is 0 Å². The molecule has 0 atom stereocenters. The van der Waals surface area contributed by atoms with Crippen molar-refractivity contribution in [2.45, 2.75) is 6.92 Å². The van der Waals surface area contributed by atoms with Crippen LogP contribution in [-0.4, -0.2) is 20.5 Å². The summed E-state index contributed by atoms with van der Waals surface area (Å²) in [5, 5.41) is 0. The first-order chi connectivity index (χ1) is 9.76. The second kappa shape index (κ2) is 5.99. The minimum Gasteiger partial charge on any atom is -0.289 e. The molecule has 1 N–H and O–H groups in total. The third kappa shape index (κ3) is 4.15. The Morgan fingerprint density at radius 2 is 1.71 bits per heavy atom. The van der Waals surface area contributed by atoms with Gasteiger partial charge in [0.1, 0.15) is 0 Å². The number of rotatable bonds is 4. The van der Waals surface area contributed by atoms with Crippen LogP contribution in [0.3, 0.4) is 0 Å². The molecule has 2 rings (SSSR count). The van der Waals surface area contributed by atoms with E-state index in [1.807, 2.05) is 19.1 Å². The molecule has 0 aromatic heterocycles. The molecule has 0 bridgehead atoms. The van der Waals surface area contributed by atoms with Gasteiger partial charge in [-0.15, -0.1) is 0 Å². The fraction of sp³-hybridized carbons (Fsp3) is 0.133. The Kier molecular flexibility index (Phi) is 4.49. The maximum absolute atomic E-state index is 12.5. The Labute approximate surface area is 132 Å². The van der Waals surface area contributed by atoms with Crippen LogP contribution < -0.4 is 4.72 Å². The summed E-state index contributed by atoms with van der Waals surface area (Å²) in [7, 11) is -3.32. The number of aryl methyl sites for hydroxylation is 1. The summed E-state index contributed by atoms with van der Waals surface area (Å²) >= 11 is 3.35. The Balaban J connectivity index is 2.30. The Morgan fingerprint density at radius 1 is 1.10 bits per heavy atom. The fourth-order valence-electron chi connectivity index (χ4n) is 1.90. The smallest absolute Gasteiger partial charge is 0.229 e. The van der Waals surface area contributed by atoms with Crippen LogP contribution in [0.25, 0.3) is 0 Å². The van der Waals surface area contributed by atoms with Crippen molar-refractivity contribution in [2.24, 2.45) is 0 Å². The predicted molar refractivity (Wildman–Crippen MR) is 87.2 cm³/mol. The van der Waals surface area contributed by atoms with E-state index < -0.39 is 10.0 Å². The van der Waals surface area contributed by atoms with E-state index in [9.17, 15) is 13.2 Å². The third-order valence-corrected chi connectivity index (χ3v) is 3.99. The highest BCUT2D eigenvalue weighted by Crippen LogP contribution is 2.20. The normalized spacial score (nSPS) is 11.2. The average Bonchev–Trinajstić information content (AvgIpc) is 2.40. The molecule has 6 heteroatoms. The zero-order chi connectivity index (χ0) is 15.6. The van der Waals surface area contributed by atoms with Gasteiger partial charge in [-0.1, -0.05) is 22.0 Å². The third-order valence-electron chi connectivity index (χ3n) is 2.89. The molecule has 2 aromatic carbocycles. The van der Waals surface area contributed by atoms with E-state index in [1.165, 1.54) is 0 Å². The molecule has 0 fully saturated rings. The van der Waals surface area contributed by atoms with Gasteiger partial charge in [-0.25, -0.2) is 8.42 Å². The molecule has 21 heavy (non-hydrogen) atoms. The fourth-order valence-corrected chi connectivity index (χ4v) is 2.82. The van der Waals surface area contributed by atoms with Crippen LogP contribution in [0.2, 0.25) is 0 Å². The Morgan fingerprint density at radius 3 is 2.29 bits per heavy atom. The SMILES string of the molecule is Cc1ccc(Br)cc1C(=O)c1ccc(NS(C)(=O)=O)cc1. The zero-order valence-electron chi connectivity index (χ0n) is 11.6. The van der Waals surface area contributed by atoms with Crippen LogP contribution in [0.1, 0.15) is 21.5 Å². The number of benzene rings is 2. The molecule has 0 aliphatic heterocycles. The van der Waals surface area contributed by atoms with Gasteiger partial charge in [-0.2, -0.15) is 0 Å². The number of anilines is 1. The summed E-state index contributed by atoms with van der Waals surface area (Å²) in [6.07, 6.45) is 1.08. The monoisotopic (exact) mass is 367 g/mol. The van der Waals surface area contributed by atoms with E-state index in [4.69, 9.17) is 0 Å². The lowest BCUT2D eigenvalue weighted by Gasteiger charge is -2.07. The summed E-state index contributed by atoms with van der Waals surface area (Å²) < 4.78 is 25.5. The molecule has 0 saturated carbocycles. The number of carbonyl (C=O) groups is 1. The highest BCUT2D eigenvalue weighted by Gasteiger charge is 2.12. The summed E-state index contributed by atoms with van der Waals surface area (Å²) in [6.45, 7) is 1.87. The summed E-state index contributed by atoms with van der Waals surface area (Å²) in [5.41, 5.74) is 2.45. The molecule has 4 nitrogen and oxygen atoms in total. The lowest BCUT2D eigenvalue weighted by molar-refractivity contribution is 0.103. The largest absolute Gasteiger partial charge is 0.289 e. The van der Waals surface area contributed by atoms with Crippen LogP contribution in [0.15, 0.2) is 46.9 Å². The number of nitrogens with one attached hydrogen (secondary N) is 1. The number of carbonyl (C=O) groups excluding carboxylic acids is 1. The molecule has 0 saturated heterocycles. The molecule has 0 heterocycles. The summed E-state index contributed by atoms with van der Waals surface area (Å²) in [4.78, 5) is 12.5. The van der Waals surface area contributed by atoms with Crippen molar-refractivity contribution in [3.63, 3.8) is 0 Å². The lowest BCUT2D eigenvalue weighted by atomic mass is 9.99. The van der Waals surface area contributed by atoms with Crippen LogP contribution >= 0.6 is 15.9 Å². The van der Waals surface area contributed by atoms with Gasteiger partial charge in [0.15, 0.2) is 5.78 Å². The molecule has 0 radical (unpaired) electrons. The Hall–Kier alpha value is -1.66. The van der Waals surface area contributed by atoms with Crippen molar-refractivity contribution >= 4 is 37.4 Å². The minimum absolute atomic E-state index is 0.0975. The van der Waals surface area contributed by atoms with Gasteiger partial charge in [-0.3, -0.25) is 9.52 Å².